The summed E-state index contributed by atoms with van der Waals surface area (Å²) >= 11 is 0. The summed E-state index contributed by atoms with van der Waals surface area (Å²) in [5.74, 6) is 5.31. The summed E-state index contributed by atoms with van der Waals surface area (Å²) < 4.78 is 18.6. The summed E-state index contributed by atoms with van der Waals surface area (Å²) in [5, 5.41) is 0. The van der Waals surface area contributed by atoms with Crippen LogP contribution in [0.5, 0.6) is 0 Å². The van der Waals surface area contributed by atoms with E-state index in [0.29, 0.717) is 6.42 Å². The molecule has 0 bridgehead atoms. The highest BCUT2D eigenvalue weighted by atomic mass is 19.1. The van der Waals surface area contributed by atoms with E-state index < -0.39 is 0 Å². The molecule has 0 fully saturated rings. The van der Waals surface area contributed by atoms with E-state index in [1.807, 2.05) is 20.8 Å². The van der Waals surface area contributed by atoms with E-state index in [1.165, 1.54) is 12.1 Å². The molecule has 1 rings (SSSR count). The van der Waals surface area contributed by atoms with Crippen molar-refractivity contribution in [1.29, 1.82) is 0 Å². The van der Waals surface area contributed by atoms with E-state index in [1.54, 1.807) is 13.2 Å². The molecule has 3 N–H and O–H groups in total. The molecular weight excluding hydrogens is 219 g/mol. The Labute approximate surface area is 102 Å². The minimum absolute atomic E-state index is 0.124. The Hall–Kier alpha value is -0.970. The summed E-state index contributed by atoms with van der Waals surface area (Å²) in [7, 11) is 1.66. The molecule has 1 atom stereocenters. The quantitative estimate of drug-likeness (QED) is 0.614. The van der Waals surface area contributed by atoms with Crippen molar-refractivity contribution in [3.63, 3.8) is 0 Å². The largest absolute Gasteiger partial charge is 0.379 e. The average Bonchev–Trinajstić information content (AvgIpc) is 2.29. The fourth-order valence-corrected chi connectivity index (χ4v) is 1.82. The predicted molar refractivity (Wildman–Crippen MR) is 66.9 cm³/mol. The van der Waals surface area contributed by atoms with Crippen molar-refractivity contribution in [2.24, 2.45) is 5.84 Å². The van der Waals surface area contributed by atoms with Gasteiger partial charge in [0, 0.05) is 13.2 Å². The summed E-state index contributed by atoms with van der Waals surface area (Å²) in [6.07, 6.45) is 0.671. The Kier molecular flexibility index (Phi) is 4.62. The summed E-state index contributed by atoms with van der Waals surface area (Å²) in [6, 6.07) is 4.61. The normalized spacial score (nSPS) is 13.8. The molecule has 1 aromatic carbocycles. The molecular formula is C13H21FN2O. The molecule has 0 amide bonds. The molecule has 1 unspecified atom stereocenters. The number of hydrogen-bond acceptors (Lipinski definition) is 3. The zero-order valence-electron chi connectivity index (χ0n) is 10.9. The number of nitrogens with two attached hydrogens (primary N) is 1. The molecule has 0 radical (unpaired) electrons. The standard InChI is InChI=1S/C13H21FN2O/c1-9-5-6-10(14)7-11(9)12(16-15)8-13(2,3)17-4/h5-7,12,16H,8,15H2,1-4H3. The van der Waals surface area contributed by atoms with Crippen molar-refractivity contribution in [2.45, 2.75) is 38.8 Å². The van der Waals surface area contributed by atoms with Gasteiger partial charge in [0.25, 0.3) is 0 Å². The number of hydrazine groups is 1. The lowest BCUT2D eigenvalue weighted by atomic mass is 9.91. The molecule has 17 heavy (non-hydrogen) atoms. The molecule has 1 aromatic rings. The van der Waals surface area contributed by atoms with Crippen LogP contribution in [0.2, 0.25) is 0 Å². The van der Waals surface area contributed by atoms with Gasteiger partial charge in [-0.05, 0) is 50.5 Å². The van der Waals surface area contributed by atoms with Gasteiger partial charge in [0.1, 0.15) is 5.82 Å². The van der Waals surface area contributed by atoms with Crippen molar-refractivity contribution in [2.75, 3.05) is 7.11 Å². The van der Waals surface area contributed by atoms with Crippen LogP contribution >= 0.6 is 0 Å². The van der Waals surface area contributed by atoms with E-state index in [-0.39, 0.29) is 17.5 Å². The Bertz CT molecular complexity index is 380. The molecule has 0 aliphatic rings. The molecule has 0 spiro atoms. The van der Waals surface area contributed by atoms with Crippen LogP contribution in [0.4, 0.5) is 4.39 Å². The van der Waals surface area contributed by atoms with Crippen LogP contribution < -0.4 is 11.3 Å². The first-order valence-electron chi connectivity index (χ1n) is 5.67. The van der Waals surface area contributed by atoms with Crippen molar-refractivity contribution in [1.82, 2.24) is 5.43 Å². The van der Waals surface area contributed by atoms with Crippen molar-refractivity contribution in [3.8, 4) is 0 Å². The molecule has 4 heteroatoms. The minimum Gasteiger partial charge on any atom is -0.379 e. The Morgan fingerprint density at radius 1 is 1.47 bits per heavy atom. The zero-order chi connectivity index (χ0) is 13.1. The van der Waals surface area contributed by atoms with Gasteiger partial charge < -0.3 is 4.74 Å². The van der Waals surface area contributed by atoms with Gasteiger partial charge in [-0.15, -0.1) is 0 Å². The summed E-state index contributed by atoms with van der Waals surface area (Å²) in [6.45, 7) is 5.90. The lowest BCUT2D eigenvalue weighted by Crippen LogP contribution is -2.35. The van der Waals surface area contributed by atoms with Crippen LogP contribution in [0, 0.1) is 12.7 Å². The van der Waals surface area contributed by atoms with Gasteiger partial charge in [0.05, 0.1) is 5.60 Å². The second-order valence-electron chi connectivity index (χ2n) is 4.89. The Balaban J connectivity index is 2.97. The lowest BCUT2D eigenvalue weighted by molar-refractivity contribution is 0.00674. The smallest absolute Gasteiger partial charge is 0.123 e. The van der Waals surface area contributed by atoms with Crippen LogP contribution in [0.3, 0.4) is 0 Å². The summed E-state index contributed by atoms with van der Waals surface area (Å²) in [4.78, 5) is 0. The SMILES string of the molecule is COC(C)(C)CC(NN)c1cc(F)ccc1C. The molecule has 0 aliphatic heterocycles. The average molecular weight is 240 g/mol. The van der Waals surface area contributed by atoms with Crippen molar-refractivity contribution < 1.29 is 9.13 Å². The van der Waals surface area contributed by atoms with Gasteiger partial charge >= 0.3 is 0 Å². The van der Waals surface area contributed by atoms with Crippen LogP contribution in [0.25, 0.3) is 0 Å². The number of rotatable bonds is 5. The summed E-state index contributed by atoms with van der Waals surface area (Å²) in [5.41, 5.74) is 4.31. The number of nitrogens with one attached hydrogen (secondary N) is 1. The van der Waals surface area contributed by atoms with Gasteiger partial charge in [-0.25, -0.2) is 4.39 Å². The number of halogens is 1. The topological polar surface area (TPSA) is 47.3 Å². The number of hydrogen-bond donors (Lipinski definition) is 2. The number of aryl methyl sites for hydroxylation is 1. The number of benzene rings is 1. The lowest BCUT2D eigenvalue weighted by Gasteiger charge is -2.29. The van der Waals surface area contributed by atoms with Gasteiger partial charge in [0.2, 0.25) is 0 Å². The maximum atomic E-state index is 13.3. The van der Waals surface area contributed by atoms with Gasteiger partial charge in [0.15, 0.2) is 0 Å². The maximum Gasteiger partial charge on any atom is 0.123 e. The van der Waals surface area contributed by atoms with Crippen molar-refractivity contribution in [3.05, 3.63) is 35.1 Å². The van der Waals surface area contributed by atoms with E-state index >= 15 is 0 Å². The molecule has 0 heterocycles. The third kappa shape index (κ3) is 3.77. The van der Waals surface area contributed by atoms with Gasteiger partial charge in [-0.2, -0.15) is 0 Å². The third-order valence-electron chi connectivity index (χ3n) is 3.07. The van der Waals surface area contributed by atoms with Crippen LogP contribution in [0.15, 0.2) is 18.2 Å². The molecule has 3 nitrogen and oxygen atoms in total. The minimum atomic E-state index is -0.310. The van der Waals surface area contributed by atoms with Gasteiger partial charge in [-0.3, -0.25) is 11.3 Å². The predicted octanol–water partition coefficient (Wildman–Crippen LogP) is 2.45. The monoisotopic (exact) mass is 240 g/mol. The fraction of sp³-hybridized carbons (Fsp3) is 0.538. The van der Waals surface area contributed by atoms with Gasteiger partial charge in [-0.1, -0.05) is 6.07 Å². The number of ether oxygens (including phenoxy) is 1. The molecule has 96 valence electrons. The van der Waals surface area contributed by atoms with Crippen LogP contribution in [0.1, 0.15) is 37.4 Å². The zero-order valence-corrected chi connectivity index (χ0v) is 10.9. The molecule has 0 saturated heterocycles. The van der Waals surface area contributed by atoms with E-state index in [2.05, 4.69) is 5.43 Å². The highest BCUT2D eigenvalue weighted by Gasteiger charge is 2.24. The second-order valence-corrected chi connectivity index (χ2v) is 4.89. The van der Waals surface area contributed by atoms with Crippen LogP contribution in [-0.4, -0.2) is 12.7 Å². The molecule has 0 aromatic heterocycles. The molecule has 0 aliphatic carbocycles. The van der Waals surface area contributed by atoms with E-state index in [0.717, 1.165) is 11.1 Å². The maximum absolute atomic E-state index is 13.3. The second kappa shape index (κ2) is 5.58. The Morgan fingerprint density at radius 3 is 2.65 bits per heavy atom. The first kappa shape index (κ1) is 14.1. The van der Waals surface area contributed by atoms with E-state index in [9.17, 15) is 4.39 Å². The highest BCUT2D eigenvalue weighted by Crippen LogP contribution is 2.27. The van der Waals surface area contributed by atoms with E-state index in [4.69, 9.17) is 10.6 Å². The fourth-order valence-electron chi connectivity index (χ4n) is 1.82. The first-order chi connectivity index (χ1) is 7.89. The van der Waals surface area contributed by atoms with Crippen LogP contribution in [-0.2, 0) is 4.74 Å². The van der Waals surface area contributed by atoms with Crippen molar-refractivity contribution >= 4 is 0 Å². The molecule has 0 saturated carbocycles. The first-order valence-corrected chi connectivity index (χ1v) is 5.67. The Morgan fingerprint density at radius 2 is 2.12 bits per heavy atom. The highest BCUT2D eigenvalue weighted by molar-refractivity contribution is 5.29. The number of methoxy groups -OCH3 is 1. The third-order valence-corrected chi connectivity index (χ3v) is 3.07.